The van der Waals surface area contributed by atoms with Gasteiger partial charge in [0, 0.05) is 30.7 Å². The average molecular weight is 344 g/mol. The van der Waals surface area contributed by atoms with Crippen molar-refractivity contribution in [3.05, 3.63) is 28.3 Å². The fourth-order valence-corrected chi connectivity index (χ4v) is 4.03. The first-order valence-corrected chi connectivity index (χ1v) is 10.3. The molecule has 1 fully saturated rings. The zero-order valence-electron chi connectivity index (χ0n) is 12.7. The van der Waals surface area contributed by atoms with E-state index in [9.17, 15) is 18.5 Å². The van der Waals surface area contributed by atoms with E-state index < -0.39 is 14.8 Å². The number of anilines is 1. The molecule has 0 radical (unpaired) electrons. The molecule has 1 atom stereocenters. The van der Waals surface area contributed by atoms with Crippen molar-refractivity contribution in [2.75, 3.05) is 30.5 Å². The van der Waals surface area contributed by atoms with Crippen molar-refractivity contribution in [1.29, 1.82) is 0 Å². The molecule has 122 valence electrons. The standard InChI is InChI=1S/C14H20N2O4S2/c1-21-11-5-3-4-8-15(10-11)13-7-6-12(22(2,19)20)9-14(13)16(17)18/h6-7,9,11H,3-5,8,10H2,1-2H3. The van der Waals surface area contributed by atoms with Crippen LogP contribution in [-0.2, 0) is 9.84 Å². The lowest BCUT2D eigenvalue weighted by atomic mass is 10.2. The van der Waals surface area contributed by atoms with Crippen LogP contribution in [0.5, 0.6) is 0 Å². The zero-order valence-corrected chi connectivity index (χ0v) is 14.3. The molecule has 0 amide bonds. The summed E-state index contributed by atoms with van der Waals surface area (Å²) in [4.78, 5) is 12.9. The van der Waals surface area contributed by atoms with Crippen LogP contribution in [-0.4, -0.2) is 44.2 Å². The average Bonchev–Trinajstić information content (AvgIpc) is 2.71. The molecule has 6 nitrogen and oxygen atoms in total. The van der Waals surface area contributed by atoms with Crippen molar-refractivity contribution >= 4 is 33.0 Å². The van der Waals surface area contributed by atoms with Gasteiger partial charge in [0.1, 0.15) is 5.69 Å². The molecule has 0 saturated carbocycles. The molecule has 1 unspecified atom stereocenters. The predicted octanol–water partition coefficient (Wildman–Crippen LogP) is 2.72. The Kier molecular flexibility index (Phi) is 5.33. The maximum absolute atomic E-state index is 11.6. The van der Waals surface area contributed by atoms with Gasteiger partial charge in [0.2, 0.25) is 0 Å². The molecule has 1 heterocycles. The normalized spacial score (nSPS) is 19.7. The fourth-order valence-electron chi connectivity index (χ4n) is 2.66. The lowest BCUT2D eigenvalue weighted by molar-refractivity contribution is -0.384. The van der Waals surface area contributed by atoms with E-state index in [0.717, 1.165) is 38.6 Å². The van der Waals surface area contributed by atoms with Crippen LogP contribution in [0.1, 0.15) is 19.3 Å². The van der Waals surface area contributed by atoms with Gasteiger partial charge in [0.15, 0.2) is 9.84 Å². The molecular weight excluding hydrogens is 324 g/mol. The number of nitro benzene ring substituents is 1. The highest BCUT2D eigenvalue weighted by Crippen LogP contribution is 2.33. The van der Waals surface area contributed by atoms with E-state index in [2.05, 4.69) is 6.26 Å². The van der Waals surface area contributed by atoms with Crippen LogP contribution in [0.15, 0.2) is 23.1 Å². The third kappa shape index (κ3) is 3.92. The molecule has 8 heteroatoms. The van der Waals surface area contributed by atoms with Crippen LogP contribution in [0.25, 0.3) is 0 Å². The van der Waals surface area contributed by atoms with Crippen molar-refractivity contribution < 1.29 is 13.3 Å². The van der Waals surface area contributed by atoms with Gasteiger partial charge in [-0.15, -0.1) is 0 Å². The van der Waals surface area contributed by atoms with Gasteiger partial charge in [-0.1, -0.05) is 6.42 Å². The van der Waals surface area contributed by atoms with Crippen molar-refractivity contribution in [2.24, 2.45) is 0 Å². The first-order valence-electron chi connectivity index (χ1n) is 7.09. The quantitative estimate of drug-likeness (QED) is 0.617. The third-order valence-electron chi connectivity index (χ3n) is 3.87. The highest BCUT2D eigenvalue weighted by atomic mass is 32.2. The highest BCUT2D eigenvalue weighted by Gasteiger charge is 2.25. The number of nitrogens with zero attached hydrogens (tertiary/aromatic N) is 2. The summed E-state index contributed by atoms with van der Waals surface area (Å²) in [6.07, 6.45) is 6.31. The number of benzene rings is 1. The van der Waals surface area contributed by atoms with Crippen LogP contribution < -0.4 is 4.90 Å². The lowest BCUT2D eigenvalue weighted by Crippen LogP contribution is -2.30. The molecule has 1 aromatic carbocycles. The summed E-state index contributed by atoms with van der Waals surface area (Å²) in [5, 5.41) is 11.8. The van der Waals surface area contributed by atoms with Crippen molar-refractivity contribution in [2.45, 2.75) is 29.4 Å². The largest absolute Gasteiger partial charge is 0.365 e. The molecule has 0 aromatic heterocycles. The van der Waals surface area contributed by atoms with E-state index in [1.54, 1.807) is 17.8 Å². The van der Waals surface area contributed by atoms with E-state index in [4.69, 9.17) is 0 Å². The van der Waals surface area contributed by atoms with Gasteiger partial charge >= 0.3 is 0 Å². The number of hydrogen-bond donors (Lipinski definition) is 0. The second-order valence-electron chi connectivity index (χ2n) is 5.48. The van der Waals surface area contributed by atoms with Crippen LogP contribution >= 0.6 is 11.8 Å². The number of hydrogen-bond acceptors (Lipinski definition) is 6. The summed E-state index contributed by atoms with van der Waals surface area (Å²) >= 11 is 1.77. The molecule has 1 aliphatic heterocycles. The third-order valence-corrected chi connectivity index (χ3v) is 6.04. The molecule has 1 saturated heterocycles. The minimum absolute atomic E-state index is 0.0146. The number of thioether (sulfide) groups is 1. The van der Waals surface area contributed by atoms with Gasteiger partial charge < -0.3 is 4.90 Å². The molecule has 1 aliphatic rings. The molecule has 1 aromatic rings. The Labute approximate surface area is 135 Å². The smallest absolute Gasteiger partial charge is 0.293 e. The fraction of sp³-hybridized carbons (Fsp3) is 0.571. The van der Waals surface area contributed by atoms with Crippen LogP contribution in [0.3, 0.4) is 0 Å². The zero-order chi connectivity index (χ0) is 16.3. The first-order chi connectivity index (χ1) is 10.3. The molecule has 0 N–H and O–H groups in total. The van der Waals surface area contributed by atoms with Crippen molar-refractivity contribution in [1.82, 2.24) is 0 Å². The Hall–Kier alpha value is -1.28. The Balaban J connectivity index is 2.43. The summed E-state index contributed by atoms with van der Waals surface area (Å²) in [5.74, 6) is 0. The summed E-state index contributed by atoms with van der Waals surface area (Å²) in [7, 11) is -3.46. The van der Waals surface area contributed by atoms with E-state index in [1.165, 1.54) is 12.1 Å². The molecule has 22 heavy (non-hydrogen) atoms. The number of rotatable bonds is 4. The SMILES string of the molecule is CSC1CCCCN(c2ccc(S(C)(=O)=O)cc2[N+](=O)[O-])C1. The van der Waals surface area contributed by atoms with E-state index in [0.29, 0.717) is 10.9 Å². The van der Waals surface area contributed by atoms with Crippen molar-refractivity contribution in [3.63, 3.8) is 0 Å². The second-order valence-corrected chi connectivity index (χ2v) is 8.63. The van der Waals surface area contributed by atoms with E-state index in [-0.39, 0.29) is 10.6 Å². The Morgan fingerprint density at radius 2 is 2.09 bits per heavy atom. The lowest BCUT2D eigenvalue weighted by Gasteiger charge is -2.25. The van der Waals surface area contributed by atoms with E-state index >= 15 is 0 Å². The Morgan fingerprint density at radius 3 is 2.68 bits per heavy atom. The molecule has 0 bridgehead atoms. The topological polar surface area (TPSA) is 80.5 Å². The van der Waals surface area contributed by atoms with Crippen LogP contribution in [0.2, 0.25) is 0 Å². The monoisotopic (exact) mass is 344 g/mol. The van der Waals surface area contributed by atoms with Gasteiger partial charge in [0.25, 0.3) is 5.69 Å². The van der Waals surface area contributed by atoms with Crippen LogP contribution in [0, 0.1) is 10.1 Å². The maximum atomic E-state index is 11.6. The molecule has 0 aliphatic carbocycles. The second kappa shape index (κ2) is 6.87. The summed E-state index contributed by atoms with van der Waals surface area (Å²) < 4.78 is 23.2. The Morgan fingerprint density at radius 1 is 1.36 bits per heavy atom. The minimum Gasteiger partial charge on any atom is -0.365 e. The number of nitro groups is 1. The Bertz CT molecular complexity index is 661. The molecular formula is C14H20N2O4S2. The van der Waals surface area contributed by atoms with Gasteiger partial charge in [-0.2, -0.15) is 11.8 Å². The molecule has 0 spiro atoms. The summed E-state index contributed by atoms with van der Waals surface area (Å²) in [5.41, 5.74) is 0.378. The van der Waals surface area contributed by atoms with Gasteiger partial charge in [-0.05, 0) is 31.2 Å². The summed E-state index contributed by atoms with van der Waals surface area (Å²) in [6.45, 7) is 1.51. The number of sulfone groups is 1. The minimum atomic E-state index is -3.46. The highest BCUT2D eigenvalue weighted by molar-refractivity contribution is 7.99. The predicted molar refractivity (Wildman–Crippen MR) is 89.6 cm³/mol. The maximum Gasteiger partial charge on any atom is 0.293 e. The van der Waals surface area contributed by atoms with Crippen LogP contribution in [0.4, 0.5) is 11.4 Å². The van der Waals surface area contributed by atoms with Gasteiger partial charge in [0.05, 0.1) is 9.82 Å². The van der Waals surface area contributed by atoms with Crippen molar-refractivity contribution in [3.8, 4) is 0 Å². The van der Waals surface area contributed by atoms with E-state index in [1.807, 2.05) is 4.90 Å². The van der Waals surface area contributed by atoms with Gasteiger partial charge in [-0.25, -0.2) is 8.42 Å². The first kappa shape index (κ1) is 17.1. The van der Waals surface area contributed by atoms with Gasteiger partial charge in [-0.3, -0.25) is 10.1 Å². The molecule has 2 rings (SSSR count). The summed E-state index contributed by atoms with van der Waals surface area (Å²) in [6, 6.07) is 4.19.